The van der Waals surface area contributed by atoms with Crippen molar-refractivity contribution < 1.29 is 4.74 Å². The fraction of sp³-hybridized carbons (Fsp3) is 0.150. The largest absolute Gasteiger partial charge is 0.497 e. The lowest BCUT2D eigenvalue weighted by Gasteiger charge is -2.05. The van der Waals surface area contributed by atoms with Crippen molar-refractivity contribution in [2.75, 3.05) is 7.11 Å². The van der Waals surface area contributed by atoms with Gasteiger partial charge in [0, 0.05) is 27.5 Å². The molecular weight excluding hydrogens is 284 g/mol. The zero-order valence-electron chi connectivity index (χ0n) is 13.5. The van der Waals surface area contributed by atoms with Crippen LogP contribution in [0.4, 0.5) is 0 Å². The quantitative estimate of drug-likeness (QED) is 0.565. The van der Waals surface area contributed by atoms with Crippen molar-refractivity contribution in [3.8, 4) is 17.0 Å². The zero-order valence-corrected chi connectivity index (χ0v) is 13.5. The van der Waals surface area contributed by atoms with Gasteiger partial charge in [-0.25, -0.2) is 4.98 Å². The van der Waals surface area contributed by atoms with Crippen molar-refractivity contribution in [2.45, 2.75) is 13.8 Å². The highest BCUT2D eigenvalue weighted by Crippen LogP contribution is 2.34. The van der Waals surface area contributed by atoms with Crippen LogP contribution in [0.5, 0.6) is 5.75 Å². The summed E-state index contributed by atoms with van der Waals surface area (Å²) in [5, 5.41) is 2.31. The molecule has 3 heteroatoms. The highest BCUT2D eigenvalue weighted by atomic mass is 16.5. The third kappa shape index (κ3) is 2.25. The molecule has 4 rings (SSSR count). The number of nitrogens with one attached hydrogen (secondary N) is 1. The maximum atomic E-state index is 5.37. The van der Waals surface area contributed by atoms with E-state index in [-0.39, 0.29) is 0 Å². The molecule has 0 amide bonds. The van der Waals surface area contributed by atoms with E-state index in [4.69, 9.17) is 9.72 Å². The second-order valence-corrected chi connectivity index (χ2v) is 5.93. The number of H-pyrrole nitrogens is 1. The van der Waals surface area contributed by atoms with Crippen LogP contribution in [0.25, 0.3) is 33.1 Å². The topological polar surface area (TPSA) is 37.9 Å². The summed E-state index contributed by atoms with van der Waals surface area (Å²) in [6, 6.07) is 16.7. The number of hydrogen-bond acceptors (Lipinski definition) is 2. The van der Waals surface area contributed by atoms with Crippen molar-refractivity contribution in [1.82, 2.24) is 9.97 Å². The number of aromatic amines is 1. The molecule has 2 aromatic heterocycles. The van der Waals surface area contributed by atoms with E-state index in [0.29, 0.717) is 0 Å². The summed E-state index contributed by atoms with van der Waals surface area (Å²) in [4.78, 5) is 8.30. The SMILES string of the molecule is COc1ccc2[nH]c(C)c(-c3ccc4cc(C)ccc4n3)c2c1. The van der Waals surface area contributed by atoms with Gasteiger partial charge in [-0.3, -0.25) is 0 Å². The van der Waals surface area contributed by atoms with Crippen LogP contribution in [-0.2, 0) is 0 Å². The van der Waals surface area contributed by atoms with Gasteiger partial charge in [-0.2, -0.15) is 0 Å². The standard InChI is InChI=1S/C20H18N2O/c1-12-4-7-17-14(10-12)5-8-19(22-17)20-13(2)21-18-9-6-15(23-3)11-16(18)20/h4-11,21H,1-3H3. The second-order valence-electron chi connectivity index (χ2n) is 5.93. The number of pyridine rings is 1. The van der Waals surface area contributed by atoms with Crippen LogP contribution in [0.1, 0.15) is 11.3 Å². The normalized spacial score (nSPS) is 11.3. The molecular formula is C20H18N2O. The van der Waals surface area contributed by atoms with E-state index in [1.54, 1.807) is 7.11 Å². The molecule has 114 valence electrons. The van der Waals surface area contributed by atoms with Crippen molar-refractivity contribution in [3.63, 3.8) is 0 Å². The first-order chi connectivity index (χ1) is 11.2. The molecule has 0 aliphatic carbocycles. The summed E-state index contributed by atoms with van der Waals surface area (Å²) in [6.07, 6.45) is 0. The highest BCUT2D eigenvalue weighted by Gasteiger charge is 2.13. The fourth-order valence-corrected chi connectivity index (χ4v) is 3.15. The smallest absolute Gasteiger partial charge is 0.119 e. The van der Waals surface area contributed by atoms with E-state index in [0.717, 1.165) is 39.1 Å². The molecule has 0 bridgehead atoms. The fourth-order valence-electron chi connectivity index (χ4n) is 3.15. The van der Waals surface area contributed by atoms with Gasteiger partial charge < -0.3 is 9.72 Å². The van der Waals surface area contributed by atoms with Crippen LogP contribution >= 0.6 is 0 Å². The summed E-state index contributed by atoms with van der Waals surface area (Å²) in [5.74, 6) is 0.856. The van der Waals surface area contributed by atoms with Crippen LogP contribution in [0.15, 0.2) is 48.5 Å². The Labute approximate surface area is 134 Å². The van der Waals surface area contributed by atoms with Crippen molar-refractivity contribution in [3.05, 3.63) is 59.8 Å². The van der Waals surface area contributed by atoms with Gasteiger partial charge in [0.25, 0.3) is 0 Å². The molecule has 0 fully saturated rings. The Morgan fingerprint density at radius 2 is 1.83 bits per heavy atom. The van der Waals surface area contributed by atoms with Gasteiger partial charge in [0.1, 0.15) is 5.75 Å². The zero-order chi connectivity index (χ0) is 16.0. The summed E-state index contributed by atoms with van der Waals surface area (Å²) in [6.45, 7) is 4.19. The first kappa shape index (κ1) is 13.8. The summed E-state index contributed by atoms with van der Waals surface area (Å²) >= 11 is 0. The van der Waals surface area contributed by atoms with E-state index in [9.17, 15) is 0 Å². The molecule has 0 saturated heterocycles. The van der Waals surface area contributed by atoms with Gasteiger partial charge in [0.05, 0.1) is 18.3 Å². The molecule has 23 heavy (non-hydrogen) atoms. The maximum Gasteiger partial charge on any atom is 0.119 e. The van der Waals surface area contributed by atoms with Crippen LogP contribution in [0.2, 0.25) is 0 Å². The number of fused-ring (bicyclic) bond motifs is 2. The molecule has 0 atom stereocenters. The third-order valence-electron chi connectivity index (χ3n) is 4.29. The molecule has 2 heterocycles. The minimum atomic E-state index is 0.856. The van der Waals surface area contributed by atoms with Crippen LogP contribution in [-0.4, -0.2) is 17.1 Å². The van der Waals surface area contributed by atoms with E-state index >= 15 is 0 Å². The maximum absolute atomic E-state index is 5.37. The Kier molecular flexibility index (Phi) is 3.08. The third-order valence-corrected chi connectivity index (χ3v) is 4.29. The molecule has 3 nitrogen and oxygen atoms in total. The Hall–Kier alpha value is -2.81. The minimum absolute atomic E-state index is 0.856. The van der Waals surface area contributed by atoms with Crippen molar-refractivity contribution in [1.29, 1.82) is 0 Å². The average molecular weight is 302 g/mol. The Bertz CT molecular complexity index is 1030. The van der Waals surface area contributed by atoms with Crippen LogP contribution in [0.3, 0.4) is 0 Å². The lowest BCUT2D eigenvalue weighted by atomic mass is 10.0. The number of rotatable bonds is 2. The number of aryl methyl sites for hydroxylation is 2. The molecule has 0 aliphatic rings. The Morgan fingerprint density at radius 3 is 2.65 bits per heavy atom. The van der Waals surface area contributed by atoms with Crippen molar-refractivity contribution >= 4 is 21.8 Å². The van der Waals surface area contributed by atoms with Gasteiger partial charge in [-0.1, -0.05) is 17.7 Å². The lowest BCUT2D eigenvalue weighted by Crippen LogP contribution is -1.87. The average Bonchev–Trinajstić information content (AvgIpc) is 2.89. The predicted molar refractivity (Wildman–Crippen MR) is 95.1 cm³/mol. The van der Waals surface area contributed by atoms with Crippen molar-refractivity contribution in [2.24, 2.45) is 0 Å². The summed E-state index contributed by atoms with van der Waals surface area (Å²) in [5.41, 5.74) is 6.61. The molecule has 0 spiro atoms. The minimum Gasteiger partial charge on any atom is -0.497 e. The molecule has 0 unspecified atom stereocenters. The molecule has 2 aromatic carbocycles. The predicted octanol–water partition coefficient (Wildman–Crippen LogP) is 5.01. The number of nitrogens with zero attached hydrogens (tertiary/aromatic N) is 1. The number of hydrogen-bond donors (Lipinski definition) is 1. The molecule has 0 radical (unpaired) electrons. The Balaban J connectivity index is 1.97. The Morgan fingerprint density at radius 1 is 0.957 bits per heavy atom. The molecule has 4 aromatic rings. The summed E-state index contributed by atoms with van der Waals surface area (Å²) < 4.78 is 5.37. The number of methoxy groups -OCH3 is 1. The summed E-state index contributed by atoms with van der Waals surface area (Å²) in [7, 11) is 1.69. The van der Waals surface area contributed by atoms with E-state index < -0.39 is 0 Å². The van der Waals surface area contributed by atoms with Gasteiger partial charge >= 0.3 is 0 Å². The number of aromatic nitrogens is 2. The lowest BCUT2D eigenvalue weighted by molar-refractivity contribution is 0.415. The second kappa shape index (κ2) is 5.13. The molecule has 0 saturated carbocycles. The first-order valence-corrected chi connectivity index (χ1v) is 7.70. The monoisotopic (exact) mass is 302 g/mol. The number of benzene rings is 2. The van der Waals surface area contributed by atoms with E-state index in [1.165, 1.54) is 10.9 Å². The van der Waals surface area contributed by atoms with Crippen LogP contribution in [0, 0.1) is 13.8 Å². The van der Waals surface area contributed by atoms with Gasteiger partial charge in [-0.05, 0) is 50.2 Å². The highest BCUT2D eigenvalue weighted by molar-refractivity contribution is 5.98. The molecule has 0 aliphatic heterocycles. The van der Waals surface area contributed by atoms with Gasteiger partial charge in [0.2, 0.25) is 0 Å². The van der Waals surface area contributed by atoms with Gasteiger partial charge in [0.15, 0.2) is 0 Å². The van der Waals surface area contributed by atoms with Crippen LogP contribution < -0.4 is 4.74 Å². The van der Waals surface area contributed by atoms with E-state index in [2.05, 4.69) is 61.3 Å². The van der Waals surface area contributed by atoms with E-state index in [1.807, 2.05) is 6.07 Å². The number of ether oxygens (including phenoxy) is 1. The van der Waals surface area contributed by atoms with Gasteiger partial charge in [-0.15, -0.1) is 0 Å². The first-order valence-electron chi connectivity index (χ1n) is 7.70. The molecule has 1 N–H and O–H groups in total.